The van der Waals surface area contributed by atoms with Gasteiger partial charge < -0.3 is 5.11 Å². The molecule has 0 atom stereocenters. The highest BCUT2D eigenvalue weighted by Gasteiger charge is 2.20. The van der Waals surface area contributed by atoms with Gasteiger partial charge in [0, 0.05) is 13.0 Å². The summed E-state index contributed by atoms with van der Waals surface area (Å²) in [6, 6.07) is 4.43. The van der Waals surface area contributed by atoms with Gasteiger partial charge in [-0.15, -0.1) is 0 Å². The van der Waals surface area contributed by atoms with Gasteiger partial charge in [0.2, 0.25) is 10.0 Å². The number of nitrogens with one attached hydrogen (secondary N) is 1. The quantitative estimate of drug-likeness (QED) is 0.754. The Morgan fingerprint density at radius 1 is 1.21 bits per heavy atom. The first kappa shape index (κ1) is 16.2. The van der Waals surface area contributed by atoms with Crippen molar-refractivity contribution in [2.45, 2.75) is 24.2 Å². The molecule has 0 radical (unpaired) electrons. The lowest BCUT2D eigenvalue weighted by molar-refractivity contribution is -0.137. The Morgan fingerprint density at radius 2 is 1.79 bits per heavy atom. The number of hydrogen-bond donors (Lipinski definition) is 2. The van der Waals surface area contributed by atoms with Crippen LogP contribution in [0.25, 0.3) is 0 Å². The van der Waals surface area contributed by atoms with E-state index < -0.39 is 16.0 Å². The van der Waals surface area contributed by atoms with Crippen molar-refractivity contribution in [1.29, 1.82) is 0 Å². The molecule has 0 aliphatic heterocycles. The molecular formula is C11H13Cl2NO4S. The van der Waals surface area contributed by atoms with E-state index in [0.29, 0.717) is 12.8 Å². The number of aliphatic carboxylic acids is 1. The zero-order valence-electron chi connectivity index (χ0n) is 9.90. The molecular weight excluding hydrogens is 313 g/mol. The summed E-state index contributed by atoms with van der Waals surface area (Å²) in [6.07, 6.45) is 0.830. The molecule has 8 heteroatoms. The lowest BCUT2D eigenvalue weighted by Crippen LogP contribution is -2.25. The SMILES string of the molecule is O=C(O)CCCCNS(=O)(=O)c1c(Cl)cccc1Cl. The Hall–Kier alpha value is -0.820. The smallest absolute Gasteiger partial charge is 0.303 e. The minimum Gasteiger partial charge on any atom is -0.481 e. The molecule has 1 aromatic rings. The fourth-order valence-corrected chi connectivity index (χ4v) is 3.63. The molecule has 0 amide bonds. The third-order valence-corrected chi connectivity index (χ3v) is 4.71. The topological polar surface area (TPSA) is 83.5 Å². The molecule has 106 valence electrons. The van der Waals surface area contributed by atoms with Gasteiger partial charge >= 0.3 is 5.97 Å². The Labute approximate surface area is 121 Å². The summed E-state index contributed by atoms with van der Waals surface area (Å²) in [5, 5.41) is 8.54. The van der Waals surface area contributed by atoms with Crippen LogP contribution in [-0.4, -0.2) is 26.0 Å². The number of halogens is 2. The highest BCUT2D eigenvalue weighted by Crippen LogP contribution is 2.28. The van der Waals surface area contributed by atoms with Crippen LogP contribution in [0.1, 0.15) is 19.3 Å². The number of unbranched alkanes of at least 4 members (excludes halogenated alkanes) is 1. The molecule has 1 aromatic carbocycles. The van der Waals surface area contributed by atoms with Gasteiger partial charge in [0.05, 0.1) is 10.0 Å². The van der Waals surface area contributed by atoms with E-state index in [-0.39, 0.29) is 27.9 Å². The monoisotopic (exact) mass is 325 g/mol. The number of carbonyl (C=O) groups is 1. The first-order valence-corrected chi connectivity index (χ1v) is 7.74. The van der Waals surface area contributed by atoms with Crippen LogP contribution in [-0.2, 0) is 14.8 Å². The number of hydrogen-bond acceptors (Lipinski definition) is 3. The van der Waals surface area contributed by atoms with Crippen LogP contribution in [0.2, 0.25) is 10.0 Å². The van der Waals surface area contributed by atoms with Crippen molar-refractivity contribution in [3.63, 3.8) is 0 Å². The van der Waals surface area contributed by atoms with Crippen LogP contribution in [0.15, 0.2) is 23.1 Å². The molecule has 0 aromatic heterocycles. The highest BCUT2D eigenvalue weighted by atomic mass is 35.5. The van der Waals surface area contributed by atoms with Crippen LogP contribution in [0.3, 0.4) is 0 Å². The van der Waals surface area contributed by atoms with Gasteiger partial charge in [0.25, 0.3) is 0 Å². The van der Waals surface area contributed by atoms with Crippen molar-refractivity contribution in [3.8, 4) is 0 Å². The van der Waals surface area contributed by atoms with Gasteiger partial charge in [0.15, 0.2) is 0 Å². The fraction of sp³-hybridized carbons (Fsp3) is 0.364. The molecule has 0 unspecified atom stereocenters. The van der Waals surface area contributed by atoms with Crippen LogP contribution >= 0.6 is 23.2 Å². The second-order valence-electron chi connectivity index (χ2n) is 3.80. The number of rotatable bonds is 7. The summed E-state index contributed by atoms with van der Waals surface area (Å²) in [5.41, 5.74) is 0. The van der Waals surface area contributed by atoms with Crippen molar-refractivity contribution in [3.05, 3.63) is 28.2 Å². The van der Waals surface area contributed by atoms with Crippen molar-refractivity contribution >= 4 is 39.2 Å². The second kappa shape index (κ2) is 7.09. The summed E-state index contributed by atoms with van der Waals surface area (Å²) in [6.45, 7) is 0.136. The Balaban J connectivity index is 2.64. The average molecular weight is 326 g/mol. The van der Waals surface area contributed by atoms with Gasteiger partial charge in [-0.25, -0.2) is 13.1 Å². The highest BCUT2D eigenvalue weighted by molar-refractivity contribution is 7.89. The van der Waals surface area contributed by atoms with Crippen LogP contribution in [0.4, 0.5) is 0 Å². The molecule has 0 heterocycles. The van der Waals surface area contributed by atoms with Crippen molar-refractivity contribution in [2.24, 2.45) is 0 Å². The van der Waals surface area contributed by atoms with E-state index in [2.05, 4.69) is 4.72 Å². The van der Waals surface area contributed by atoms with Gasteiger partial charge in [0.1, 0.15) is 4.90 Å². The third kappa shape index (κ3) is 4.99. The van der Waals surface area contributed by atoms with Crippen LogP contribution in [0, 0.1) is 0 Å². The zero-order chi connectivity index (χ0) is 14.5. The number of benzene rings is 1. The third-order valence-electron chi connectivity index (χ3n) is 2.30. The van der Waals surface area contributed by atoms with E-state index in [1.165, 1.54) is 12.1 Å². The summed E-state index contributed by atoms with van der Waals surface area (Å²) in [4.78, 5) is 10.1. The summed E-state index contributed by atoms with van der Waals surface area (Å²) in [5.74, 6) is -0.906. The molecule has 0 fully saturated rings. The van der Waals surface area contributed by atoms with Crippen molar-refractivity contribution in [1.82, 2.24) is 4.72 Å². The molecule has 0 saturated heterocycles. The first-order valence-electron chi connectivity index (χ1n) is 5.50. The van der Waals surface area contributed by atoms with E-state index >= 15 is 0 Å². The minimum absolute atomic E-state index is 0.00851. The van der Waals surface area contributed by atoms with Gasteiger partial charge in [-0.3, -0.25) is 4.79 Å². The zero-order valence-corrected chi connectivity index (χ0v) is 12.2. The predicted molar refractivity (Wildman–Crippen MR) is 73.1 cm³/mol. The molecule has 0 aliphatic rings. The van der Waals surface area contributed by atoms with Crippen LogP contribution < -0.4 is 4.72 Å². The minimum atomic E-state index is -3.78. The molecule has 0 aliphatic carbocycles. The number of carboxylic acids is 1. The summed E-state index contributed by atoms with van der Waals surface area (Å²) < 4.78 is 26.3. The second-order valence-corrected chi connectivity index (χ2v) is 6.32. The molecule has 1 rings (SSSR count). The largest absolute Gasteiger partial charge is 0.481 e. The van der Waals surface area contributed by atoms with E-state index in [0.717, 1.165) is 0 Å². The average Bonchev–Trinajstić information content (AvgIpc) is 2.27. The number of carboxylic acid groups (broad SMARTS) is 1. The van der Waals surface area contributed by atoms with Gasteiger partial charge in [-0.05, 0) is 25.0 Å². The Kier molecular flexibility index (Phi) is 6.06. The maximum absolute atomic E-state index is 12.0. The molecule has 2 N–H and O–H groups in total. The summed E-state index contributed by atoms with van der Waals surface area (Å²) in [7, 11) is -3.78. The van der Waals surface area contributed by atoms with E-state index in [1.807, 2.05) is 0 Å². The van der Waals surface area contributed by atoms with E-state index in [1.54, 1.807) is 6.07 Å². The Morgan fingerprint density at radius 3 is 2.32 bits per heavy atom. The van der Waals surface area contributed by atoms with Gasteiger partial charge in [-0.1, -0.05) is 29.3 Å². The molecule has 0 saturated carbocycles. The molecule has 0 bridgehead atoms. The lowest BCUT2D eigenvalue weighted by atomic mass is 10.2. The fourth-order valence-electron chi connectivity index (χ4n) is 1.42. The number of sulfonamides is 1. The molecule has 0 spiro atoms. The van der Waals surface area contributed by atoms with E-state index in [4.69, 9.17) is 28.3 Å². The van der Waals surface area contributed by atoms with Gasteiger partial charge in [-0.2, -0.15) is 0 Å². The normalized spacial score (nSPS) is 11.5. The first-order chi connectivity index (χ1) is 8.84. The molecule has 5 nitrogen and oxygen atoms in total. The van der Waals surface area contributed by atoms with Crippen LogP contribution in [0.5, 0.6) is 0 Å². The maximum Gasteiger partial charge on any atom is 0.303 e. The van der Waals surface area contributed by atoms with E-state index in [9.17, 15) is 13.2 Å². The maximum atomic E-state index is 12.0. The molecule has 19 heavy (non-hydrogen) atoms. The standard InChI is InChI=1S/C11H13Cl2NO4S/c12-8-4-3-5-9(13)11(8)19(17,18)14-7-2-1-6-10(15)16/h3-5,14H,1-2,6-7H2,(H,15,16). The van der Waals surface area contributed by atoms with Crippen molar-refractivity contribution < 1.29 is 18.3 Å². The summed E-state index contributed by atoms with van der Waals surface area (Å²) >= 11 is 11.6. The van der Waals surface area contributed by atoms with Crippen molar-refractivity contribution in [2.75, 3.05) is 6.54 Å². The lowest BCUT2D eigenvalue weighted by Gasteiger charge is -2.09. The Bertz CT molecular complexity index is 540. The predicted octanol–water partition coefficient (Wildman–Crippen LogP) is 2.53.